The molecule has 0 bridgehead atoms. The van der Waals surface area contributed by atoms with Crippen molar-refractivity contribution in [2.45, 2.75) is 18.8 Å². The molecule has 164 valence electrons. The van der Waals surface area contributed by atoms with Crippen molar-refractivity contribution in [1.29, 1.82) is 0 Å². The quantitative estimate of drug-likeness (QED) is 0.518. The fraction of sp³-hybridized carbons (Fsp3) is 0.231. The van der Waals surface area contributed by atoms with Crippen LogP contribution in [0.3, 0.4) is 0 Å². The van der Waals surface area contributed by atoms with E-state index in [4.69, 9.17) is 20.2 Å². The molecule has 0 radical (unpaired) electrons. The van der Waals surface area contributed by atoms with Gasteiger partial charge in [0, 0.05) is 11.8 Å². The predicted molar refractivity (Wildman–Crippen MR) is 127 cm³/mol. The minimum absolute atomic E-state index is 0.127. The number of carbonyl (C=O) groups excluding carboxylic acids is 1. The van der Waals surface area contributed by atoms with Crippen LogP contribution in [-0.2, 0) is 11.2 Å². The fourth-order valence-electron chi connectivity index (χ4n) is 3.95. The average molecular weight is 430 g/mol. The third-order valence-corrected chi connectivity index (χ3v) is 5.59. The third-order valence-electron chi connectivity index (χ3n) is 5.59. The number of hydrogen-bond acceptors (Lipinski definition) is 5. The minimum Gasteiger partial charge on any atom is -0.493 e. The van der Waals surface area contributed by atoms with E-state index in [2.05, 4.69) is 17.4 Å². The standard InChI is InChI=1S/C26H27N3O3/c1-31-22-15-20-21(16-23(22)32-2)29-26(30)24(20)25(18-8-4-3-5-9-18)28-19-12-10-17(11-13-19)7-6-14-27/h3-5,8-13,15-16,24H,6-7,14,27H2,1-2H3,(H,29,30). The first-order valence-electron chi connectivity index (χ1n) is 10.6. The van der Waals surface area contributed by atoms with E-state index in [0.717, 1.165) is 29.7 Å². The molecular formula is C26H27N3O3. The summed E-state index contributed by atoms with van der Waals surface area (Å²) >= 11 is 0. The smallest absolute Gasteiger partial charge is 0.238 e. The van der Waals surface area contributed by atoms with Gasteiger partial charge in [-0.05, 0) is 54.3 Å². The van der Waals surface area contributed by atoms with Crippen LogP contribution < -0.4 is 20.5 Å². The highest BCUT2D eigenvalue weighted by molar-refractivity contribution is 6.24. The molecule has 4 rings (SSSR count). The molecule has 1 aliphatic heterocycles. The van der Waals surface area contributed by atoms with Crippen LogP contribution in [0.15, 0.2) is 71.7 Å². The Labute approximate surface area is 188 Å². The van der Waals surface area contributed by atoms with Gasteiger partial charge in [0.2, 0.25) is 5.91 Å². The normalized spacial score (nSPS) is 15.3. The molecule has 0 spiro atoms. The van der Waals surface area contributed by atoms with Gasteiger partial charge in [-0.2, -0.15) is 0 Å². The molecule has 0 fully saturated rings. The number of nitrogens with two attached hydrogens (primary N) is 1. The van der Waals surface area contributed by atoms with Crippen LogP contribution in [0.4, 0.5) is 11.4 Å². The maximum Gasteiger partial charge on any atom is 0.238 e. The van der Waals surface area contributed by atoms with Crippen LogP contribution in [0.2, 0.25) is 0 Å². The highest BCUT2D eigenvalue weighted by Crippen LogP contribution is 2.42. The maximum absolute atomic E-state index is 13.1. The molecule has 3 aromatic carbocycles. The van der Waals surface area contributed by atoms with Crippen molar-refractivity contribution >= 4 is 23.0 Å². The Balaban J connectivity index is 1.79. The van der Waals surface area contributed by atoms with E-state index < -0.39 is 5.92 Å². The Bertz CT molecular complexity index is 1130. The van der Waals surface area contributed by atoms with E-state index >= 15 is 0 Å². The minimum atomic E-state index is -0.566. The number of nitrogens with zero attached hydrogens (tertiary/aromatic N) is 1. The molecule has 0 aliphatic carbocycles. The van der Waals surface area contributed by atoms with Crippen LogP contribution in [-0.4, -0.2) is 32.4 Å². The molecule has 0 saturated heterocycles. The number of amides is 1. The Hall–Kier alpha value is -3.64. The van der Waals surface area contributed by atoms with Crippen molar-refractivity contribution < 1.29 is 14.3 Å². The Morgan fingerprint density at radius 1 is 1.00 bits per heavy atom. The summed E-state index contributed by atoms with van der Waals surface area (Å²) in [4.78, 5) is 18.1. The number of fused-ring (bicyclic) bond motifs is 1. The average Bonchev–Trinajstić information content (AvgIpc) is 3.15. The molecule has 3 N–H and O–H groups in total. The number of nitrogens with one attached hydrogen (secondary N) is 1. The number of anilines is 1. The summed E-state index contributed by atoms with van der Waals surface area (Å²) in [7, 11) is 3.16. The first-order valence-corrected chi connectivity index (χ1v) is 10.6. The molecule has 0 aromatic heterocycles. The Morgan fingerprint density at radius 2 is 1.69 bits per heavy atom. The topological polar surface area (TPSA) is 85.9 Å². The van der Waals surface area contributed by atoms with Gasteiger partial charge < -0.3 is 20.5 Å². The maximum atomic E-state index is 13.1. The van der Waals surface area contributed by atoms with Crippen molar-refractivity contribution in [3.63, 3.8) is 0 Å². The van der Waals surface area contributed by atoms with Gasteiger partial charge in [0.25, 0.3) is 0 Å². The first-order chi connectivity index (χ1) is 15.6. The van der Waals surface area contributed by atoms with Gasteiger partial charge in [0.15, 0.2) is 11.5 Å². The Kier molecular flexibility index (Phi) is 6.52. The van der Waals surface area contributed by atoms with Gasteiger partial charge in [0.05, 0.1) is 25.6 Å². The van der Waals surface area contributed by atoms with Crippen LogP contribution in [0.1, 0.15) is 29.0 Å². The molecule has 3 aromatic rings. The first kappa shape index (κ1) is 21.6. The van der Waals surface area contributed by atoms with Crippen LogP contribution in [0.25, 0.3) is 0 Å². The largest absolute Gasteiger partial charge is 0.493 e. The van der Waals surface area contributed by atoms with Crippen molar-refractivity contribution in [3.8, 4) is 11.5 Å². The number of ether oxygens (including phenoxy) is 2. The number of carbonyl (C=O) groups is 1. The zero-order chi connectivity index (χ0) is 22.5. The summed E-state index contributed by atoms with van der Waals surface area (Å²) in [6.07, 6.45) is 1.88. The van der Waals surface area contributed by atoms with Crippen molar-refractivity contribution in [3.05, 3.63) is 83.4 Å². The van der Waals surface area contributed by atoms with E-state index in [9.17, 15) is 4.79 Å². The lowest BCUT2D eigenvalue weighted by molar-refractivity contribution is -0.115. The van der Waals surface area contributed by atoms with E-state index in [1.165, 1.54) is 5.56 Å². The second-order valence-corrected chi connectivity index (χ2v) is 7.64. The van der Waals surface area contributed by atoms with E-state index in [1.54, 1.807) is 20.3 Å². The number of benzene rings is 3. The molecule has 1 unspecified atom stereocenters. The third kappa shape index (κ3) is 4.36. The van der Waals surface area contributed by atoms with Gasteiger partial charge >= 0.3 is 0 Å². The van der Waals surface area contributed by atoms with Crippen LogP contribution in [0, 0.1) is 0 Å². The second-order valence-electron chi connectivity index (χ2n) is 7.64. The summed E-state index contributed by atoms with van der Waals surface area (Å²) in [6.45, 7) is 0.669. The monoisotopic (exact) mass is 429 g/mol. The van der Waals surface area contributed by atoms with Crippen molar-refractivity contribution in [1.82, 2.24) is 0 Å². The summed E-state index contributed by atoms with van der Waals surface area (Å²) in [5, 5.41) is 2.97. The highest BCUT2D eigenvalue weighted by Gasteiger charge is 2.36. The number of aryl methyl sites for hydroxylation is 1. The SMILES string of the molecule is COc1cc2c(cc1OC)C(C(=Nc1ccc(CCCN)cc1)c1ccccc1)C(=O)N2. The molecule has 6 nitrogen and oxygen atoms in total. The predicted octanol–water partition coefficient (Wildman–Crippen LogP) is 4.45. The van der Waals surface area contributed by atoms with Gasteiger partial charge in [-0.15, -0.1) is 0 Å². The Morgan fingerprint density at radius 3 is 2.34 bits per heavy atom. The summed E-state index contributed by atoms with van der Waals surface area (Å²) in [5.41, 5.74) is 10.7. The molecular weight excluding hydrogens is 402 g/mol. The summed E-state index contributed by atoms with van der Waals surface area (Å²) in [5.74, 6) is 0.449. The number of aliphatic imine (C=N–C) groups is 1. The van der Waals surface area contributed by atoms with E-state index in [-0.39, 0.29) is 5.91 Å². The lowest BCUT2D eigenvalue weighted by Gasteiger charge is -2.15. The number of methoxy groups -OCH3 is 2. The fourth-order valence-corrected chi connectivity index (χ4v) is 3.95. The number of rotatable bonds is 8. The van der Waals surface area contributed by atoms with Crippen molar-refractivity contribution in [2.75, 3.05) is 26.1 Å². The highest BCUT2D eigenvalue weighted by atomic mass is 16.5. The zero-order valence-corrected chi connectivity index (χ0v) is 18.3. The van der Waals surface area contributed by atoms with Crippen molar-refractivity contribution in [2.24, 2.45) is 10.7 Å². The number of hydrogen-bond donors (Lipinski definition) is 2. The second kappa shape index (κ2) is 9.66. The summed E-state index contributed by atoms with van der Waals surface area (Å²) in [6, 6.07) is 21.5. The molecule has 1 amide bonds. The molecule has 6 heteroatoms. The molecule has 32 heavy (non-hydrogen) atoms. The summed E-state index contributed by atoms with van der Waals surface area (Å²) < 4.78 is 10.9. The van der Waals surface area contributed by atoms with Crippen LogP contribution >= 0.6 is 0 Å². The van der Waals surface area contributed by atoms with Gasteiger partial charge in [0.1, 0.15) is 5.92 Å². The molecule has 1 aliphatic rings. The lowest BCUT2D eigenvalue weighted by Crippen LogP contribution is -2.22. The van der Waals surface area contributed by atoms with Crippen LogP contribution in [0.5, 0.6) is 11.5 Å². The zero-order valence-electron chi connectivity index (χ0n) is 18.3. The molecule has 1 atom stereocenters. The van der Waals surface area contributed by atoms with E-state index in [1.807, 2.05) is 48.5 Å². The van der Waals surface area contributed by atoms with Gasteiger partial charge in [-0.3, -0.25) is 9.79 Å². The van der Waals surface area contributed by atoms with E-state index in [0.29, 0.717) is 29.4 Å². The molecule has 1 heterocycles. The van der Waals surface area contributed by atoms with Gasteiger partial charge in [-0.1, -0.05) is 42.5 Å². The van der Waals surface area contributed by atoms with Gasteiger partial charge in [-0.25, -0.2) is 0 Å². The lowest BCUT2D eigenvalue weighted by atomic mass is 9.90. The molecule has 0 saturated carbocycles.